The fourth-order valence-electron chi connectivity index (χ4n) is 3.31. The molecule has 0 fully saturated rings. The van der Waals surface area contributed by atoms with Crippen LogP contribution in [-0.4, -0.2) is 32.9 Å². The summed E-state index contributed by atoms with van der Waals surface area (Å²) in [7, 11) is 0. The second-order valence-electron chi connectivity index (χ2n) is 7.09. The van der Waals surface area contributed by atoms with Crippen LogP contribution in [0, 0.1) is 0 Å². The van der Waals surface area contributed by atoms with Crippen LogP contribution in [0.3, 0.4) is 0 Å². The average Bonchev–Trinajstić information content (AvgIpc) is 3.21. The standard InChI is InChI=1S/C20H20ClN5O3S/c1-10(2)29-20(28)24-18-12-8-9-14-17(30-19(23-14)22-11(3)27)16(12)26(25-18)15-7-5-4-6-13(15)21/h4-7,10H,8-9H2,1-3H3,(H,22,23,27)(H,24,25,28). The molecule has 0 spiro atoms. The number of halogens is 1. The molecule has 1 aliphatic rings. The van der Waals surface area contributed by atoms with Crippen molar-refractivity contribution in [2.75, 3.05) is 10.6 Å². The Balaban J connectivity index is 1.85. The number of amides is 2. The number of hydrogen-bond donors (Lipinski definition) is 2. The van der Waals surface area contributed by atoms with Crippen LogP contribution in [-0.2, 0) is 22.4 Å². The van der Waals surface area contributed by atoms with Gasteiger partial charge < -0.3 is 10.1 Å². The van der Waals surface area contributed by atoms with E-state index in [1.54, 1.807) is 24.6 Å². The summed E-state index contributed by atoms with van der Waals surface area (Å²) in [6, 6.07) is 7.35. The van der Waals surface area contributed by atoms with Gasteiger partial charge in [0.1, 0.15) is 0 Å². The minimum atomic E-state index is -0.564. The van der Waals surface area contributed by atoms with Crippen LogP contribution >= 0.6 is 22.9 Å². The lowest BCUT2D eigenvalue weighted by Gasteiger charge is -2.14. The highest BCUT2D eigenvalue weighted by Crippen LogP contribution is 2.43. The molecule has 156 valence electrons. The molecular weight excluding hydrogens is 426 g/mol. The first-order valence-electron chi connectivity index (χ1n) is 9.45. The zero-order chi connectivity index (χ0) is 21.4. The summed E-state index contributed by atoms with van der Waals surface area (Å²) in [5.41, 5.74) is 3.24. The van der Waals surface area contributed by atoms with Crippen molar-refractivity contribution in [2.24, 2.45) is 0 Å². The molecule has 4 rings (SSSR count). The van der Waals surface area contributed by atoms with Gasteiger partial charge in [-0.2, -0.15) is 0 Å². The first-order valence-corrected chi connectivity index (χ1v) is 10.6. The van der Waals surface area contributed by atoms with Crippen LogP contribution in [0.1, 0.15) is 32.0 Å². The van der Waals surface area contributed by atoms with Crippen molar-refractivity contribution in [3.8, 4) is 16.3 Å². The maximum Gasteiger partial charge on any atom is 0.413 e. The Hall–Kier alpha value is -2.91. The van der Waals surface area contributed by atoms with E-state index in [1.807, 2.05) is 18.2 Å². The quantitative estimate of drug-likeness (QED) is 0.608. The number of ether oxygens (including phenoxy) is 1. The lowest BCUT2D eigenvalue weighted by atomic mass is 9.99. The highest BCUT2D eigenvalue weighted by atomic mass is 35.5. The van der Waals surface area contributed by atoms with Crippen LogP contribution in [0.5, 0.6) is 0 Å². The van der Waals surface area contributed by atoms with E-state index in [0.717, 1.165) is 21.8 Å². The smallest absolute Gasteiger partial charge is 0.413 e. The molecule has 0 saturated heterocycles. The van der Waals surface area contributed by atoms with E-state index < -0.39 is 6.09 Å². The number of fused-ring (bicyclic) bond motifs is 3. The molecule has 3 aromatic rings. The van der Waals surface area contributed by atoms with Gasteiger partial charge >= 0.3 is 6.09 Å². The lowest BCUT2D eigenvalue weighted by molar-refractivity contribution is -0.114. The van der Waals surface area contributed by atoms with Gasteiger partial charge in [-0.05, 0) is 38.8 Å². The first kappa shape index (κ1) is 20.4. The Morgan fingerprint density at radius 1 is 1.23 bits per heavy atom. The number of para-hydroxylation sites is 1. The van der Waals surface area contributed by atoms with Crippen LogP contribution in [0.15, 0.2) is 24.3 Å². The molecule has 1 aliphatic carbocycles. The number of benzene rings is 1. The summed E-state index contributed by atoms with van der Waals surface area (Å²) in [6.07, 6.45) is 0.485. The third kappa shape index (κ3) is 3.90. The molecule has 0 atom stereocenters. The Morgan fingerprint density at radius 2 is 2.00 bits per heavy atom. The number of thiazole rings is 1. The number of rotatable bonds is 4. The van der Waals surface area contributed by atoms with Crippen molar-refractivity contribution >= 4 is 45.9 Å². The van der Waals surface area contributed by atoms with E-state index in [-0.39, 0.29) is 12.0 Å². The van der Waals surface area contributed by atoms with Gasteiger partial charge in [-0.15, -0.1) is 5.10 Å². The summed E-state index contributed by atoms with van der Waals surface area (Å²) in [5, 5.41) is 11.2. The van der Waals surface area contributed by atoms with E-state index in [1.165, 1.54) is 18.3 Å². The number of aryl methyl sites for hydroxylation is 1. The number of nitrogens with one attached hydrogen (secondary N) is 2. The number of carbonyl (C=O) groups excluding carboxylic acids is 2. The van der Waals surface area contributed by atoms with Crippen molar-refractivity contribution in [3.05, 3.63) is 40.5 Å². The van der Waals surface area contributed by atoms with Crippen molar-refractivity contribution < 1.29 is 14.3 Å². The van der Waals surface area contributed by atoms with E-state index >= 15 is 0 Å². The highest BCUT2D eigenvalue weighted by Gasteiger charge is 2.30. The first-order chi connectivity index (χ1) is 14.3. The normalized spacial score (nSPS) is 12.3. The van der Waals surface area contributed by atoms with E-state index in [0.29, 0.717) is 34.5 Å². The molecule has 10 heteroatoms. The van der Waals surface area contributed by atoms with Gasteiger partial charge in [0.05, 0.1) is 33.1 Å². The van der Waals surface area contributed by atoms with E-state index in [2.05, 4.69) is 20.7 Å². The van der Waals surface area contributed by atoms with Crippen molar-refractivity contribution in [1.82, 2.24) is 14.8 Å². The monoisotopic (exact) mass is 445 g/mol. The summed E-state index contributed by atoms with van der Waals surface area (Å²) in [5.74, 6) is 0.246. The van der Waals surface area contributed by atoms with E-state index in [4.69, 9.17) is 16.3 Å². The molecule has 30 heavy (non-hydrogen) atoms. The number of anilines is 2. The van der Waals surface area contributed by atoms with Crippen LogP contribution < -0.4 is 10.6 Å². The molecule has 2 heterocycles. The number of nitrogens with zero attached hydrogens (tertiary/aromatic N) is 3. The predicted octanol–water partition coefficient (Wildman–Crippen LogP) is 4.66. The third-order valence-corrected chi connectivity index (χ3v) is 5.77. The summed E-state index contributed by atoms with van der Waals surface area (Å²) < 4.78 is 6.94. The highest BCUT2D eigenvalue weighted by molar-refractivity contribution is 7.19. The Kier molecular flexibility index (Phi) is 5.48. The van der Waals surface area contributed by atoms with Crippen LogP contribution in [0.25, 0.3) is 16.3 Å². The third-order valence-electron chi connectivity index (χ3n) is 4.43. The van der Waals surface area contributed by atoms with Gasteiger partial charge in [0.2, 0.25) is 5.91 Å². The molecule has 1 aromatic carbocycles. The molecule has 0 unspecified atom stereocenters. The molecule has 0 bridgehead atoms. The van der Waals surface area contributed by atoms with Gasteiger partial charge in [-0.1, -0.05) is 35.1 Å². The fraction of sp³-hybridized carbons (Fsp3) is 0.300. The number of aromatic nitrogens is 3. The second-order valence-corrected chi connectivity index (χ2v) is 8.50. The molecule has 2 aromatic heterocycles. The molecular formula is C20H20ClN5O3S. The minimum Gasteiger partial charge on any atom is -0.447 e. The Morgan fingerprint density at radius 3 is 2.70 bits per heavy atom. The lowest BCUT2D eigenvalue weighted by Crippen LogP contribution is -2.19. The molecule has 8 nitrogen and oxygen atoms in total. The maximum atomic E-state index is 12.2. The molecule has 0 saturated carbocycles. The minimum absolute atomic E-state index is 0.181. The topological polar surface area (TPSA) is 98.1 Å². The molecule has 2 N–H and O–H groups in total. The average molecular weight is 446 g/mol. The van der Waals surface area contributed by atoms with Gasteiger partial charge in [0.15, 0.2) is 10.9 Å². The van der Waals surface area contributed by atoms with Gasteiger partial charge in [-0.25, -0.2) is 14.5 Å². The fourth-order valence-corrected chi connectivity index (χ4v) is 4.64. The summed E-state index contributed by atoms with van der Waals surface area (Å²) >= 11 is 7.82. The van der Waals surface area contributed by atoms with E-state index in [9.17, 15) is 9.59 Å². The van der Waals surface area contributed by atoms with Gasteiger partial charge in [0.25, 0.3) is 0 Å². The van der Waals surface area contributed by atoms with Gasteiger partial charge in [0, 0.05) is 12.5 Å². The summed E-state index contributed by atoms with van der Waals surface area (Å²) in [6.45, 7) is 5.01. The molecule has 0 aliphatic heterocycles. The number of hydrogen-bond acceptors (Lipinski definition) is 6. The Labute approximate surface area is 182 Å². The zero-order valence-electron chi connectivity index (χ0n) is 16.7. The maximum absolute atomic E-state index is 12.2. The molecule has 2 amide bonds. The van der Waals surface area contributed by atoms with Crippen molar-refractivity contribution in [3.63, 3.8) is 0 Å². The SMILES string of the molecule is CC(=O)Nc1nc2c(s1)-c1c(c(NC(=O)OC(C)C)nn1-c1ccccc1Cl)CC2. The second kappa shape index (κ2) is 8.08. The van der Waals surface area contributed by atoms with Crippen molar-refractivity contribution in [1.29, 1.82) is 0 Å². The zero-order valence-corrected chi connectivity index (χ0v) is 18.2. The number of carbonyl (C=O) groups is 2. The van der Waals surface area contributed by atoms with Gasteiger partial charge in [-0.3, -0.25) is 10.1 Å². The largest absolute Gasteiger partial charge is 0.447 e. The van der Waals surface area contributed by atoms with Crippen LogP contribution in [0.2, 0.25) is 5.02 Å². The molecule has 0 radical (unpaired) electrons. The predicted molar refractivity (Wildman–Crippen MR) is 117 cm³/mol. The van der Waals surface area contributed by atoms with Crippen molar-refractivity contribution in [2.45, 2.75) is 39.7 Å². The Bertz CT molecular complexity index is 1140. The van der Waals surface area contributed by atoms with Crippen LogP contribution in [0.4, 0.5) is 15.7 Å². The summed E-state index contributed by atoms with van der Waals surface area (Å²) in [4.78, 5) is 29.1.